The fourth-order valence-corrected chi connectivity index (χ4v) is 2.51. The Morgan fingerprint density at radius 2 is 2.19 bits per heavy atom. The Morgan fingerprint density at radius 3 is 2.76 bits per heavy atom. The van der Waals surface area contributed by atoms with Crippen LogP contribution in [0.5, 0.6) is 0 Å². The molecule has 112 valence electrons. The summed E-state index contributed by atoms with van der Waals surface area (Å²) in [6, 6.07) is 3.29. The second kappa shape index (κ2) is 5.78. The molecular formula is C13H15N3O5. The summed E-state index contributed by atoms with van der Waals surface area (Å²) in [5.74, 6) is -1.43. The molecule has 1 aliphatic rings. The summed E-state index contributed by atoms with van der Waals surface area (Å²) in [4.78, 5) is 34.9. The van der Waals surface area contributed by atoms with E-state index in [2.05, 4.69) is 5.32 Å². The van der Waals surface area contributed by atoms with Gasteiger partial charge in [0.15, 0.2) is 0 Å². The molecule has 2 rings (SSSR count). The van der Waals surface area contributed by atoms with Crippen molar-refractivity contribution in [1.29, 1.82) is 0 Å². The van der Waals surface area contributed by atoms with Gasteiger partial charge < -0.3 is 15.3 Å². The molecule has 0 unspecified atom stereocenters. The highest BCUT2D eigenvalue weighted by Crippen LogP contribution is 2.34. The molecule has 0 spiro atoms. The molecule has 1 atom stereocenters. The van der Waals surface area contributed by atoms with Gasteiger partial charge in [-0.05, 0) is 25.0 Å². The fourth-order valence-electron chi connectivity index (χ4n) is 2.51. The van der Waals surface area contributed by atoms with Crippen molar-refractivity contribution in [1.82, 2.24) is 5.32 Å². The summed E-state index contributed by atoms with van der Waals surface area (Å²) in [7, 11) is 1.43. The number of benzene rings is 1. The lowest BCUT2D eigenvalue weighted by atomic mass is 10.1. The van der Waals surface area contributed by atoms with Crippen molar-refractivity contribution >= 4 is 23.3 Å². The Morgan fingerprint density at radius 1 is 1.48 bits per heavy atom. The van der Waals surface area contributed by atoms with Crippen LogP contribution in [0.15, 0.2) is 18.2 Å². The average molecular weight is 293 g/mol. The largest absolute Gasteiger partial charge is 0.480 e. The highest BCUT2D eigenvalue weighted by atomic mass is 16.6. The molecule has 0 bridgehead atoms. The molecule has 1 saturated heterocycles. The molecule has 0 aliphatic carbocycles. The third-order valence-electron chi connectivity index (χ3n) is 3.51. The van der Waals surface area contributed by atoms with E-state index in [1.807, 2.05) is 0 Å². The first kappa shape index (κ1) is 14.8. The van der Waals surface area contributed by atoms with Crippen molar-refractivity contribution in [2.24, 2.45) is 0 Å². The van der Waals surface area contributed by atoms with E-state index < -0.39 is 22.8 Å². The van der Waals surface area contributed by atoms with Gasteiger partial charge in [-0.15, -0.1) is 0 Å². The molecule has 1 aromatic rings. The van der Waals surface area contributed by atoms with Crippen LogP contribution >= 0.6 is 0 Å². The van der Waals surface area contributed by atoms with Crippen LogP contribution in [0.3, 0.4) is 0 Å². The average Bonchev–Trinajstić information content (AvgIpc) is 2.95. The Kier molecular flexibility index (Phi) is 4.06. The highest BCUT2D eigenvalue weighted by Gasteiger charge is 2.34. The van der Waals surface area contributed by atoms with E-state index in [4.69, 9.17) is 0 Å². The van der Waals surface area contributed by atoms with Crippen LogP contribution in [0.4, 0.5) is 11.4 Å². The maximum absolute atomic E-state index is 11.6. The van der Waals surface area contributed by atoms with Crippen molar-refractivity contribution in [2.45, 2.75) is 18.9 Å². The smallest absolute Gasteiger partial charge is 0.326 e. The molecule has 0 aromatic heterocycles. The maximum Gasteiger partial charge on any atom is 0.326 e. The van der Waals surface area contributed by atoms with Gasteiger partial charge in [0.1, 0.15) is 11.7 Å². The van der Waals surface area contributed by atoms with Crippen LogP contribution in [0.2, 0.25) is 0 Å². The van der Waals surface area contributed by atoms with Crippen LogP contribution in [-0.4, -0.2) is 41.5 Å². The number of nitrogens with one attached hydrogen (secondary N) is 1. The minimum atomic E-state index is -1.00. The second-order valence-corrected chi connectivity index (χ2v) is 4.73. The first-order valence-electron chi connectivity index (χ1n) is 6.45. The summed E-state index contributed by atoms with van der Waals surface area (Å²) >= 11 is 0. The van der Waals surface area contributed by atoms with Gasteiger partial charge in [0, 0.05) is 25.2 Å². The monoisotopic (exact) mass is 293 g/mol. The third-order valence-corrected chi connectivity index (χ3v) is 3.51. The first-order chi connectivity index (χ1) is 9.95. The molecule has 8 heteroatoms. The molecule has 1 amide bonds. The molecule has 1 fully saturated rings. The molecule has 8 nitrogen and oxygen atoms in total. The van der Waals surface area contributed by atoms with Gasteiger partial charge in [-0.2, -0.15) is 0 Å². The quantitative estimate of drug-likeness (QED) is 0.632. The molecule has 0 saturated carbocycles. The number of hydrogen-bond acceptors (Lipinski definition) is 5. The fraction of sp³-hybridized carbons (Fsp3) is 0.385. The minimum absolute atomic E-state index is 0.166. The van der Waals surface area contributed by atoms with E-state index in [-0.39, 0.29) is 16.9 Å². The van der Waals surface area contributed by atoms with Gasteiger partial charge in [-0.25, -0.2) is 4.79 Å². The Hall–Kier alpha value is -2.64. The number of anilines is 1. The van der Waals surface area contributed by atoms with E-state index in [0.29, 0.717) is 19.4 Å². The van der Waals surface area contributed by atoms with E-state index in [1.165, 1.54) is 30.1 Å². The van der Waals surface area contributed by atoms with Crippen molar-refractivity contribution in [2.75, 3.05) is 18.5 Å². The normalized spacial score (nSPS) is 17.6. The number of carbonyl (C=O) groups is 2. The topological polar surface area (TPSA) is 113 Å². The number of aliphatic carboxylic acids is 1. The zero-order chi connectivity index (χ0) is 15.6. The van der Waals surface area contributed by atoms with Gasteiger partial charge in [0.25, 0.3) is 11.6 Å². The Labute approximate surface area is 120 Å². The predicted molar refractivity (Wildman–Crippen MR) is 74.5 cm³/mol. The van der Waals surface area contributed by atoms with E-state index in [1.54, 1.807) is 0 Å². The van der Waals surface area contributed by atoms with Gasteiger partial charge >= 0.3 is 5.97 Å². The third kappa shape index (κ3) is 2.78. The standard InChI is InChI=1S/C13H15N3O5/c1-14-12(17)8-4-5-9(11(7-8)16(20)21)15-6-2-3-10(15)13(18)19/h4-5,7,10H,2-3,6H2,1H3,(H,14,17)(H,18,19)/t10-/m0/s1. The van der Waals surface area contributed by atoms with Gasteiger partial charge in [-0.1, -0.05) is 0 Å². The van der Waals surface area contributed by atoms with Crippen molar-refractivity contribution in [3.8, 4) is 0 Å². The number of nitrogens with zero attached hydrogens (tertiary/aromatic N) is 2. The summed E-state index contributed by atoms with van der Waals surface area (Å²) in [6.07, 6.45) is 1.11. The summed E-state index contributed by atoms with van der Waals surface area (Å²) < 4.78 is 0. The number of nitro benzene ring substituents is 1. The Balaban J connectivity index is 2.46. The van der Waals surface area contributed by atoms with Crippen LogP contribution in [-0.2, 0) is 4.79 Å². The number of carbonyl (C=O) groups excluding carboxylic acids is 1. The van der Waals surface area contributed by atoms with Crippen molar-refractivity contribution in [3.63, 3.8) is 0 Å². The summed E-state index contributed by atoms with van der Waals surface area (Å²) in [6.45, 7) is 0.442. The van der Waals surface area contributed by atoms with Gasteiger partial charge in [-0.3, -0.25) is 14.9 Å². The van der Waals surface area contributed by atoms with Crippen LogP contribution in [0.25, 0.3) is 0 Å². The minimum Gasteiger partial charge on any atom is -0.480 e. The van der Waals surface area contributed by atoms with Crippen LogP contribution in [0, 0.1) is 10.1 Å². The molecule has 1 aromatic carbocycles. The van der Waals surface area contributed by atoms with Crippen molar-refractivity contribution < 1.29 is 19.6 Å². The van der Waals surface area contributed by atoms with E-state index >= 15 is 0 Å². The molecule has 1 aliphatic heterocycles. The molecule has 0 radical (unpaired) electrons. The molecule has 1 heterocycles. The highest BCUT2D eigenvalue weighted by molar-refractivity contribution is 5.95. The van der Waals surface area contributed by atoms with Gasteiger partial charge in [0.2, 0.25) is 0 Å². The lowest BCUT2D eigenvalue weighted by Gasteiger charge is -2.23. The number of carboxylic acids is 1. The molecule has 21 heavy (non-hydrogen) atoms. The number of nitro groups is 1. The maximum atomic E-state index is 11.6. The Bertz CT molecular complexity index is 601. The summed E-state index contributed by atoms with van der Waals surface area (Å²) in [5.41, 5.74) is 0.140. The van der Waals surface area contributed by atoms with Crippen LogP contribution < -0.4 is 10.2 Å². The summed E-state index contributed by atoms with van der Waals surface area (Å²) in [5, 5.41) is 22.8. The number of amides is 1. The van der Waals surface area contributed by atoms with Crippen molar-refractivity contribution in [3.05, 3.63) is 33.9 Å². The zero-order valence-electron chi connectivity index (χ0n) is 11.4. The molecular weight excluding hydrogens is 278 g/mol. The number of hydrogen-bond donors (Lipinski definition) is 2. The lowest BCUT2D eigenvalue weighted by molar-refractivity contribution is -0.384. The van der Waals surface area contributed by atoms with E-state index in [0.717, 1.165) is 0 Å². The number of rotatable bonds is 4. The lowest BCUT2D eigenvalue weighted by Crippen LogP contribution is -2.36. The SMILES string of the molecule is CNC(=O)c1ccc(N2CCC[C@H]2C(=O)O)c([N+](=O)[O-])c1. The first-order valence-corrected chi connectivity index (χ1v) is 6.45. The number of carboxylic acid groups (broad SMARTS) is 1. The van der Waals surface area contributed by atoms with Crippen LogP contribution in [0.1, 0.15) is 23.2 Å². The molecule has 2 N–H and O–H groups in total. The predicted octanol–water partition coefficient (Wildman–Crippen LogP) is 1.01. The zero-order valence-corrected chi connectivity index (χ0v) is 11.4. The second-order valence-electron chi connectivity index (χ2n) is 4.73. The van der Waals surface area contributed by atoms with E-state index in [9.17, 15) is 24.8 Å². The van der Waals surface area contributed by atoms with Gasteiger partial charge in [0.05, 0.1) is 4.92 Å².